The second-order valence-electron chi connectivity index (χ2n) is 6.50. The van der Waals surface area contributed by atoms with Gasteiger partial charge in [-0.2, -0.15) is 10.2 Å². The zero-order chi connectivity index (χ0) is 13.4. The van der Waals surface area contributed by atoms with E-state index in [1.165, 1.54) is 0 Å². The lowest BCUT2D eigenvalue weighted by molar-refractivity contribution is -0.124. The highest BCUT2D eigenvalue weighted by molar-refractivity contribution is 6.14. The normalized spacial score (nSPS) is 26.7. The molecule has 1 aliphatic rings. The Balaban J connectivity index is 2.88. The summed E-state index contributed by atoms with van der Waals surface area (Å²) in [5.74, 6) is -0.529. The van der Waals surface area contributed by atoms with Crippen LogP contribution < -0.4 is 5.32 Å². The maximum Gasteiger partial charge on any atom is 0.255 e. The van der Waals surface area contributed by atoms with Crippen molar-refractivity contribution in [2.75, 3.05) is 0 Å². The monoisotopic (exact) mass is 239 g/mol. The Morgan fingerprint density at radius 1 is 1.06 bits per heavy atom. The lowest BCUT2D eigenvalue weighted by atomic mass is 9.85. The zero-order valence-corrected chi connectivity index (χ0v) is 11.4. The van der Waals surface area contributed by atoms with Crippen molar-refractivity contribution in [1.29, 1.82) is 0 Å². The first-order chi connectivity index (χ1) is 7.52. The van der Waals surface area contributed by atoms with Crippen molar-refractivity contribution in [2.24, 2.45) is 15.6 Å². The van der Waals surface area contributed by atoms with Crippen LogP contribution in [0.4, 0.5) is 0 Å². The van der Waals surface area contributed by atoms with E-state index in [-0.39, 0.29) is 22.6 Å². The summed E-state index contributed by atoms with van der Waals surface area (Å²) < 4.78 is 0. The highest BCUT2D eigenvalue weighted by Crippen LogP contribution is 2.26. The summed E-state index contributed by atoms with van der Waals surface area (Å²) in [6, 6.07) is -1.45. The van der Waals surface area contributed by atoms with Crippen LogP contribution in [0.1, 0.15) is 41.5 Å². The number of hydrogen-bond acceptors (Lipinski definition) is 4. The first-order valence-electron chi connectivity index (χ1n) is 5.78. The molecule has 2 atom stereocenters. The quantitative estimate of drug-likeness (QED) is 0.559. The molecule has 5 nitrogen and oxygen atoms in total. The van der Waals surface area contributed by atoms with Crippen LogP contribution in [0.15, 0.2) is 10.2 Å². The molecular formula is C12H21N3O2. The van der Waals surface area contributed by atoms with Gasteiger partial charge in [0, 0.05) is 0 Å². The minimum absolute atomic E-state index is 0.185. The van der Waals surface area contributed by atoms with E-state index in [0.717, 1.165) is 0 Å². The van der Waals surface area contributed by atoms with Gasteiger partial charge in [-0.25, -0.2) is 0 Å². The molecule has 1 aliphatic heterocycles. The number of hydrogen-bond donors (Lipinski definition) is 1. The number of nitrogens with one attached hydrogen (secondary N) is 1. The van der Waals surface area contributed by atoms with Gasteiger partial charge in [-0.15, -0.1) is 0 Å². The molecule has 96 valence electrons. The standard InChI is InChI=1S/C12H21N3O2/c1-11(2,3)9-8(16)7(10(17)13-9)14-15-12(4,5)6/h7,9H,1-6H3,(H,13,17)/b15-14+. The largest absolute Gasteiger partial charge is 0.343 e. The van der Waals surface area contributed by atoms with Gasteiger partial charge in [0.1, 0.15) is 0 Å². The number of Topliss-reactive ketones (excluding diaryl/α,β-unsaturated/α-hetero) is 1. The van der Waals surface area contributed by atoms with Gasteiger partial charge < -0.3 is 5.32 Å². The predicted molar refractivity (Wildman–Crippen MR) is 64.8 cm³/mol. The molecule has 0 saturated carbocycles. The van der Waals surface area contributed by atoms with E-state index >= 15 is 0 Å². The molecule has 5 heteroatoms. The number of ketones is 1. The third-order valence-electron chi connectivity index (χ3n) is 2.43. The van der Waals surface area contributed by atoms with Crippen LogP contribution in [0.5, 0.6) is 0 Å². The van der Waals surface area contributed by atoms with E-state index in [1.54, 1.807) is 0 Å². The fourth-order valence-corrected chi connectivity index (χ4v) is 1.56. The lowest BCUT2D eigenvalue weighted by Gasteiger charge is -2.24. The summed E-state index contributed by atoms with van der Waals surface area (Å²) in [7, 11) is 0. The fourth-order valence-electron chi connectivity index (χ4n) is 1.56. The smallest absolute Gasteiger partial charge is 0.255 e. The molecule has 0 aromatic heterocycles. The molecule has 17 heavy (non-hydrogen) atoms. The van der Waals surface area contributed by atoms with Crippen LogP contribution in [0.3, 0.4) is 0 Å². The minimum atomic E-state index is -0.974. The second-order valence-corrected chi connectivity index (χ2v) is 6.50. The summed E-state index contributed by atoms with van der Waals surface area (Å²) in [4.78, 5) is 23.7. The van der Waals surface area contributed by atoms with E-state index < -0.39 is 12.1 Å². The Bertz CT molecular complexity index is 361. The van der Waals surface area contributed by atoms with Gasteiger partial charge in [-0.05, 0) is 26.2 Å². The molecule has 1 fully saturated rings. The van der Waals surface area contributed by atoms with Crippen molar-refractivity contribution in [1.82, 2.24) is 5.32 Å². The van der Waals surface area contributed by atoms with E-state index in [0.29, 0.717) is 0 Å². The molecule has 1 N–H and O–H groups in total. The van der Waals surface area contributed by atoms with E-state index in [2.05, 4.69) is 15.5 Å². The fraction of sp³-hybridized carbons (Fsp3) is 0.833. The highest BCUT2D eigenvalue weighted by atomic mass is 16.2. The predicted octanol–water partition coefficient (Wildman–Crippen LogP) is 1.72. The maximum absolute atomic E-state index is 12.0. The molecule has 1 amide bonds. The highest BCUT2D eigenvalue weighted by Gasteiger charge is 2.46. The zero-order valence-electron chi connectivity index (χ0n) is 11.4. The molecule has 0 aromatic carbocycles. The van der Waals surface area contributed by atoms with Gasteiger partial charge in [-0.1, -0.05) is 20.8 Å². The number of amides is 1. The van der Waals surface area contributed by atoms with Crippen molar-refractivity contribution in [2.45, 2.75) is 59.2 Å². The van der Waals surface area contributed by atoms with Crippen LogP contribution in [-0.2, 0) is 9.59 Å². The van der Waals surface area contributed by atoms with Crippen molar-refractivity contribution >= 4 is 11.7 Å². The van der Waals surface area contributed by atoms with Crippen molar-refractivity contribution < 1.29 is 9.59 Å². The van der Waals surface area contributed by atoms with Gasteiger partial charge >= 0.3 is 0 Å². The Morgan fingerprint density at radius 2 is 1.59 bits per heavy atom. The Morgan fingerprint density at radius 3 is 1.94 bits per heavy atom. The van der Waals surface area contributed by atoms with Crippen molar-refractivity contribution in [3.05, 3.63) is 0 Å². The molecule has 2 unspecified atom stereocenters. The first kappa shape index (κ1) is 13.8. The van der Waals surface area contributed by atoms with E-state index in [1.807, 2.05) is 41.5 Å². The Labute approximate surface area is 102 Å². The van der Waals surface area contributed by atoms with Crippen LogP contribution in [0, 0.1) is 5.41 Å². The van der Waals surface area contributed by atoms with Gasteiger partial charge in [0.15, 0.2) is 5.78 Å². The number of rotatable bonds is 1. The summed E-state index contributed by atoms with van der Waals surface area (Å²) >= 11 is 0. The number of azo groups is 1. The molecular weight excluding hydrogens is 218 g/mol. The molecule has 0 aliphatic carbocycles. The SMILES string of the molecule is CC(C)(C)/N=N/C1C(=O)NC(C(C)(C)C)C1=O. The average molecular weight is 239 g/mol. The molecule has 0 aromatic rings. The number of nitrogens with zero attached hydrogens (tertiary/aromatic N) is 2. The summed E-state index contributed by atoms with van der Waals surface area (Å²) in [6.45, 7) is 11.4. The number of carbonyl (C=O) groups is 2. The van der Waals surface area contributed by atoms with Crippen molar-refractivity contribution in [3.8, 4) is 0 Å². The minimum Gasteiger partial charge on any atom is -0.343 e. The average Bonchev–Trinajstić information content (AvgIpc) is 2.37. The van der Waals surface area contributed by atoms with Crippen molar-refractivity contribution in [3.63, 3.8) is 0 Å². The van der Waals surface area contributed by atoms with Gasteiger partial charge in [-0.3, -0.25) is 9.59 Å². The Hall–Kier alpha value is -1.26. The topological polar surface area (TPSA) is 70.9 Å². The number of carbonyl (C=O) groups excluding carboxylic acids is 2. The van der Waals surface area contributed by atoms with Crippen LogP contribution in [-0.4, -0.2) is 29.3 Å². The van der Waals surface area contributed by atoms with Crippen LogP contribution >= 0.6 is 0 Å². The molecule has 0 spiro atoms. The van der Waals surface area contributed by atoms with E-state index in [9.17, 15) is 9.59 Å². The molecule has 1 rings (SSSR count). The van der Waals surface area contributed by atoms with E-state index in [4.69, 9.17) is 0 Å². The molecule has 0 radical (unpaired) electrons. The Kier molecular flexibility index (Phi) is 3.41. The third kappa shape index (κ3) is 3.35. The van der Waals surface area contributed by atoms with Crippen LogP contribution in [0.2, 0.25) is 0 Å². The molecule has 0 bridgehead atoms. The van der Waals surface area contributed by atoms with Gasteiger partial charge in [0.2, 0.25) is 6.04 Å². The molecule has 1 saturated heterocycles. The maximum atomic E-state index is 12.0. The third-order valence-corrected chi connectivity index (χ3v) is 2.43. The summed E-state index contributed by atoms with van der Waals surface area (Å²) in [5, 5.41) is 10.6. The second kappa shape index (κ2) is 4.20. The summed E-state index contributed by atoms with van der Waals surface area (Å²) in [6.07, 6.45) is 0. The first-order valence-corrected chi connectivity index (χ1v) is 5.78. The van der Waals surface area contributed by atoms with Crippen LogP contribution in [0.25, 0.3) is 0 Å². The molecule has 1 heterocycles. The van der Waals surface area contributed by atoms with Gasteiger partial charge in [0.25, 0.3) is 5.91 Å². The lowest BCUT2D eigenvalue weighted by Crippen LogP contribution is -2.41. The van der Waals surface area contributed by atoms with Gasteiger partial charge in [0.05, 0.1) is 11.6 Å². The summed E-state index contributed by atoms with van der Waals surface area (Å²) in [5.41, 5.74) is -0.668.